The lowest BCUT2D eigenvalue weighted by Crippen LogP contribution is -2.73. The molecule has 26 heavy (non-hydrogen) atoms. The standard InChI is InChI=1S/C19H18ClN3O3/c1-22-17-16(18(25)23(2)19(22)26)14(10-6-8-11(20)9-7-10)15-12(21-17)4-3-5-13(15)24/h6-9,14,24H,3-5H2,1-2H3/p+1. The van der Waals surface area contributed by atoms with Crippen molar-refractivity contribution < 1.29 is 10.1 Å². The summed E-state index contributed by atoms with van der Waals surface area (Å²) in [6.07, 6.45) is 2.15. The van der Waals surface area contributed by atoms with Crippen LogP contribution in [0, 0.1) is 0 Å². The Morgan fingerprint density at radius 3 is 2.50 bits per heavy atom. The number of allylic oxidation sites excluding steroid dienone is 2. The van der Waals surface area contributed by atoms with Crippen LogP contribution in [0.4, 0.5) is 5.82 Å². The molecular formula is C19H19ClN3O3+. The Labute approximate surface area is 154 Å². The predicted octanol–water partition coefficient (Wildman–Crippen LogP) is 1.03. The molecule has 4 rings (SSSR count). The van der Waals surface area contributed by atoms with Crippen molar-refractivity contribution in [2.24, 2.45) is 14.1 Å². The SMILES string of the molecule is Cn1c2c(c(=O)n(C)c1=O)C(c1ccc(Cl)cc1)C1=C(O)CCCC1=[NH+]2. The summed E-state index contributed by atoms with van der Waals surface area (Å²) in [5.74, 6) is 0.344. The van der Waals surface area contributed by atoms with Crippen molar-refractivity contribution in [3.8, 4) is 0 Å². The minimum absolute atomic E-state index is 0.292. The number of aromatic nitrogens is 2. The zero-order chi connectivity index (χ0) is 18.6. The van der Waals surface area contributed by atoms with Crippen LogP contribution >= 0.6 is 11.6 Å². The summed E-state index contributed by atoms with van der Waals surface area (Å²) in [6.45, 7) is 0. The Morgan fingerprint density at radius 2 is 1.81 bits per heavy atom. The molecule has 0 saturated carbocycles. The summed E-state index contributed by atoms with van der Waals surface area (Å²) in [5, 5.41) is 11.2. The molecule has 2 heterocycles. The minimum atomic E-state index is -0.440. The zero-order valence-corrected chi connectivity index (χ0v) is 15.3. The molecule has 1 aliphatic heterocycles. The van der Waals surface area contributed by atoms with Crippen LogP contribution in [0.3, 0.4) is 0 Å². The van der Waals surface area contributed by atoms with E-state index in [-0.39, 0.29) is 11.2 Å². The number of nitrogens with zero attached hydrogens (tertiary/aromatic N) is 2. The van der Waals surface area contributed by atoms with E-state index in [0.717, 1.165) is 34.3 Å². The quantitative estimate of drug-likeness (QED) is 0.785. The second-order valence-electron chi connectivity index (χ2n) is 6.77. The predicted molar refractivity (Wildman–Crippen MR) is 99.4 cm³/mol. The van der Waals surface area contributed by atoms with Crippen LogP contribution < -0.4 is 16.2 Å². The van der Waals surface area contributed by atoms with Crippen molar-refractivity contribution >= 4 is 23.1 Å². The van der Waals surface area contributed by atoms with E-state index in [1.54, 1.807) is 19.2 Å². The topological polar surface area (TPSA) is 78.2 Å². The van der Waals surface area contributed by atoms with Gasteiger partial charge < -0.3 is 5.11 Å². The molecule has 0 radical (unpaired) electrons. The molecule has 0 fully saturated rings. The van der Waals surface area contributed by atoms with E-state index >= 15 is 0 Å². The molecule has 1 aromatic heterocycles. The van der Waals surface area contributed by atoms with E-state index in [0.29, 0.717) is 28.6 Å². The Bertz CT molecular complexity index is 1090. The highest BCUT2D eigenvalue weighted by atomic mass is 35.5. The number of halogens is 1. The third-order valence-electron chi connectivity index (χ3n) is 5.23. The summed E-state index contributed by atoms with van der Waals surface area (Å²) >= 11 is 6.03. The van der Waals surface area contributed by atoms with Crippen LogP contribution in [-0.4, -0.2) is 20.0 Å². The van der Waals surface area contributed by atoms with E-state index in [9.17, 15) is 14.7 Å². The van der Waals surface area contributed by atoms with Gasteiger partial charge in [-0.05, 0) is 24.1 Å². The van der Waals surface area contributed by atoms with Gasteiger partial charge in [0, 0.05) is 30.5 Å². The average molecular weight is 373 g/mol. The van der Waals surface area contributed by atoms with Gasteiger partial charge in [0.1, 0.15) is 17.0 Å². The van der Waals surface area contributed by atoms with Crippen molar-refractivity contribution in [1.82, 2.24) is 9.13 Å². The largest absolute Gasteiger partial charge is 0.512 e. The van der Waals surface area contributed by atoms with E-state index in [1.165, 1.54) is 11.6 Å². The first kappa shape index (κ1) is 16.8. The molecule has 134 valence electrons. The third kappa shape index (κ3) is 2.36. The van der Waals surface area contributed by atoms with Crippen LogP contribution in [0.25, 0.3) is 0 Å². The maximum absolute atomic E-state index is 13.0. The van der Waals surface area contributed by atoms with E-state index in [2.05, 4.69) is 4.99 Å². The number of hydrogen-bond acceptors (Lipinski definition) is 3. The summed E-state index contributed by atoms with van der Waals surface area (Å²) in [4.78, 5) is 28.6. The number of benzene rings is 1. The van der Waals surface area contributed by atoms with E-state index in [4.69, 9.17) is 11.6 Å². The van der Waals surface area contributed by atoms with Gasteiger partial charge >= 0.3 is 5.69 Å². The molecule has 0 amide bonds. The molecule has 2 aliphatic rings. The molecule has 2 aromatic rings. The molecule has 1 unspecified atom stereocenters. The Balaban J connectivity index is 2.12. The fraction of sp³-hybridized carbons (Fsp3) is 0.316. The van der Waals surface area contributed by atoms with Crippen molar-refractivity contribution in [2.45, 2.75) is 25.2 Å². The molecule has 6 nitrogen and oxygen atoms in total. The Kier molecular flexibility index (Phi) is 3.88. The van der Waals surface area contributed by atoms with Gasteiger partial charge in [-0.15, -0.1) is 0 Å². The van der Waals surface area contributed by atoms with Crippen molar-refractivity contribution in [2.75, 3.05) is 0 Å². The lowest BCUT2D eigenvalue weighted by atomic mass is 9.77. The molecule has 2 N–H and O–H groups in total. The molecule has 7 heteroatoms. The normalized spacial score (nSPS) is 19.0. The molecule has 0 saturated heterocycles. The highest BCUT2D eigenvalue weighted by molar-refractivity contribution is 6.30. The van der Waals surface area contributed by atoms with Crippen molar-refractivity contribution in [3.05, 3.63) is 72.6 Å². The van der Waals surface area contributed by atoms with Gasteiger partial charge in [-0.3, -0.25) is 4.79 Å². The number of nitrogens with one attached hydrogen (secondary N) is 1. The van der Waals surface area contributed by atoms with Crippen molar-refractivity contribution in [1.29, 1.82) is 0 Å². The lowest BCUT2D eigenvalue weighted by molar-refractivity contribution is -0.367. The van der Waals surface area contributed by atoms with Crippen LogP contribution in [0.5, 0.6) is 0 Å². The minimum Gasteiger partial charge on any atom is -0.512 e. The molecule has 1 atom stereocenters. The Morgan fingerprint density at radius 1 is 1.12 bits per heavy atom. The first-order chi connectivity index (χ1) is 12.4. The zero-order valence-electron chi connectivity index (χ0n) is 14.5. The molecule has 0 spiro atoms. The smallest absolute Gasteiger partial charge is 0.417 e. The van der Waals surface area contributed by atoms with Crippen LogP contribution in [0.15, 0.2) is 45.2 Å². The summed E-state index contributed by atoms with van der Waals surface area (Å²) in [7, 11) is 3.11. The van der Waals surface area contributed by atoms with Crippen LogP contribution in [-0.2, 0) is 14.1 Å². The maximum atomic E-state index is 13.0. The fourth-order valence-electron chi connectivity index (χ4n) is 3.90. The maximum Gasteiger partial charge on any atom is 0.417 e. The average Bonchev–Trinajstić information content (AvgIpc) is 2.64. The number of aliphatic hydroxyl groups excluding tert-OH is 1. The van der Waals surface area contributed by atoms with Gasteiger partial charge in [0.2, 0.25) is 0 Å². The summed E-state index contributed by atoms with van der Waals surface area (Å²) in [6, 6.07) is 7.26. The number of rotatable bonds is 1. The highest BCUT2D eigenvalue weighted by Gasteiger charge is 2.40. The van der Waals surface area contributed by atoms with Gasteiger partial charge in [0.25, 0.3) is 11.4 Å². The monoisotopic (exact) mass is 372 g/mol. The highest BCUT2D eigenvalue weighted by Crippen LogP contribution is 2.39. The van der Waals surface area contributed by atoms with Crippen LogP contribution in [0.1, 0.15) is 36.3 Å². The lowest BCUT2D eigenvalue weighted by Gasteiger charge is -2.29. The van der Waals surface area contributed by atoms with Gasteiger partial charge in [0.15, 0.2) is 0 Å². The molecular weight excluding hydrogens is 354 g/mol. The number of hydrogen-bond donors (Lipinski definition) is 2. The van der Waals surface area contributed by atoms with Gasteiger partial charge in [0.05, 0.1) is 13.0 Å². The van der Waals surface area contributed by atoms with E-state index in [1.807, 2.05) is 12.1 Å². The first-order valence-electron chi connectivity index (χ1n) is 8.50. The molecule has 0 bridgehead atoms. The molecule has 1 aliphatic carbocycles. The van der Waals surface area contributed by atoms with E-state index < -0.39 is 5.92 Å². The van der Waals surface area contributed by atoms with Crippen LogP contribution in [0.2, 0.25) is 5.02 Å². The second kappa shape index (κ2) is 5.99. The number of aliphatic hydroxyl groups is 1. The molecule has 1 aromatic carbocycles. The van der Waals surface area contributed by atoms with Gasteiger partial charge in [-0.25, -0.2) is 14.4 Å². The summed E-state index contributed by atoms with van der Waals surface area (Å²) < 4.78 is 2.56. The second-order valence-corrected chi connectivity index (χ2v) is 7.21. The Hall–Kier alpha value is -2.60. The first-order valence-corrected chi connectivity index (χ1v) is 8.88. The number of fused-ring (bicyclic) bond motifs is 2. The van der Waals surface area contributed by atoms with Gasteiger partial charge in [-0.1, -0.05) is 23.7 Å². The third-order valence-corrected chi connectivity index (χ3v) is 5.48. The fourth-order valence-corrected chi connectivity index (χ4v) is 4.03. The van der Waals surface area contributed by atoms with Gasteiger partial charge in [-0.2, -0.15) is 4.57 Å². The van der Waals surface area contributed by atoms with Crippen molar-refractivity contribution in [3.63, 3.8) is 0 Å². The summed E-state index contributed by atoms with van der Waals surface area (Å²) in [5.41, 5.74) is 2.17.